The Kier molecular flexibility index (Phi) is 3.20. The van der Waals surface area contributed by atoms with Crippen LogP contribution < -0.4 is 5.73 Å². The SMILES string of the molecule is Nc1cccnc1SCc1noc(-c2ccco2)n1. The Bertz CT molecular complexity index is 666. The average molecular weight is 274 g/mol. The van der Waals surface area contributed by atoms with Crippen LogP contribution >= 0.6 is 11.8 Å². The number of nitrogen functional groups attached to an aromatic ring is 1. The Hall–Kier alpha value is -2.28. The average Bonchev–Trinajstić information content (AvgIpc) is 3.09. The fourth-order valence-electron chi connectivity index (χ4n) is 1.47. The molecule has 19 heavy (non-hydrogen) atoms. The molecule has 0 amide bonds. The van der Waals surface area contributed by atoms with E-state index in [0.29, 0.717) is 28.9 Å². The number of nitrogens with zero attached hydrogens (tertiary/aromatic N) is 3. The smallest absolute Gasteiger partial charge is 0.293 e. The molecule has 0 fully saturated rings. The number of hydrogen-bond donors (Lipinski definition) is 1. The number of hydrogen-bond acceptors (Lipinski definition) is 7. The summed E-state index contributed by atoms with van der Waals surface area (Å²) in [6.07, 6.45) is 3.26. The van der Waals surface area contributed by atoms with Gasteiger partial charge in [-0.2, -0.15) is 4.98 Å². The van der Waals surface area contributed by atoms with E-state index in [1.54, 1.807) is 36.7 Å². The first-order valence-corrected chi connectivity index (χ1v) is 6.51. The molecule has 96 valence electrons. The Morgan fingerprint density at radius 3 is 3.00 bits per heavy atom. The van der Waals surface area contributed by atoms with E-state index in [4.69, 9.17) is 14.7 Å². The molecule has 0 aliphatic heterocycles. The number of furan rings is 1. The van der Waals surface area contributed by atoms with Gasteiger partial charge in [-0.05, 0) is 24.3 Å². The second-order valence-corrected chi connectivity index (χ2v) is 4.64. The lowest BCUT2D eigenvalue weighted by Crippen LogP contribution is -1.92. The van der Waals surface area contributed by atoms with Crippen molar-refractivity contribution in [1.82, 2.24) is 15.1 Å². The first kappa shape index (κ1) is 11.8. The third kappa shape index (κ3) is 2.60. The van der Waals surface area contributed by atoms with Crippen LogP contribution in [0.4, 0.5) is 5.69 Å². The van der Waals surface area contributed by atoms with Gasteiger partial charge >= 0.3 is 0 Å². The van der Waals surface area contributed by atoms with Crippen molar-refractivity contribution in [1.29, 1.82) is 0 Å². The zero-order valence-electron chi connectivity index (χ0n) is 9.81. The minimum atomic E-state index is 0.370. The molecule has 0 bridgehead atoms. The minimum Gasteiger partial charge on any atom is -0.459 e. The van der Waals surface area contributed by atoms with Crippen LogP contribution in [-0.4, -0.2) is 15.1 Å². The van der Waals surface area contributed by atoms with Gasteiger partial charge in [0, 0.05) is 6.20 Å². The number of anilines is 1. The van der Waals surface area contributed by atoms with Crippen LogP contribution in [0.1, 0.15) is 5.82 Å². The third-order valence-corrected chi connectivity index (χ3v) is 3.36. The molecule has 0 spiro atoms. The van der Waals surface area contributed by atoms with Gasteiger partial charge in [0.15, 0.2) is 11.6 Å². The van der Waals surface area contributed by atoms with Gasteiger partial charge in [0.25, 0.3) is 5.89 Å². The van der Waals surface area contributed by atoms with E-state index < -0.39 is 0 Å². The molecular formula is C12H10N4O2S. The molecule has 0 atom stereocenters. The Morgan fingerprint density at radius 2 is 2.21 bits per heavy atom. The van der Waals surface area contributed by atoms with Crippen molar-refractivity contribution in [3.05, 3.63) is 42.5 Å². The minimum absolute atomic E-state index is 0.370. The van der Waals surface area contributed by atoms with Crippen LogP contribution in [0.3, 0.4) is 0 Å². The van der Waals surface area contributed by atoms with Crippen molar-refractivity contribution in [3.63, 3.8) is 0 Å². The maximum atomic E-state index is 5.80. The Labute approximate surface area is 113 Å². The van der Waals surface area contributed by atoms with Gasteiger partial charge < -0.3 is 14.7 Å². The van der Waals surface area contributed by atoms with Crippen LogP contribution in [0.2, 0.25) is 0 Å². The third-order valence-electron chi connectivity index (χ3n) is 2.34. The number of rotatable bonds is 4. The highest BCUT2D eigenvalue weighted by Gasteiger charge is 2.11. The molecular weight excluding hydrogens is 264 g/mol. The molecule has 7 heteroatoms. The highest BCUT2D eigenvalue weighted by Crippen LogP contribution is 2.25. The van der Waals surface area contributed by atoms with Gasteiger partial charge in [0.05, 0.1) is 17.7 Å². The molecule has 0 unspecified atom stereocenters. The molecule has 0 aliphatic rings. The van der Waals surface area contributed by atoms with E-state index in [0.717, 1.165) is 5.03 Å². The molecule has 3 rings (SSSR count). The lowest BCUT2D eigenvalue weighted by atomic mass is 10.4. The van der Waals surface area contributed by atoms with Crippen molar-refractivity contribution < 1.29 is 8.94 Å². The molecule has 0 aromatic carbocycles. The predicted molar refractivity (Wildman–Crippen MR) is 70.2 cm³/mol. The van der Waals surface area contributed by atoms with Gasteiger partial charge in [0.1, 0.15) is 5.03 Å². The lowest BCUT2D eigenvalue weighted by molar-refractivity contribution is 0.411. The second-order valence-electron chi connectivity index (χ2n) is 3.68. The van der Waals surface area contributed by atoms with Crippen molar-refractivity contribution >= 4 is 17.4 Å². The van der Waals surface area contributed by atoms with Crippen LogP contribution in [0.5, 0.6) is 0 Å². The first-order valence-electron chi connectivity index (χ1n) is 5.52. The molecule has 3 heterocycles. The number of thioether (sulfide) groups is 1. The Morgan fingerprint density at radius 1 is 1.26 bits per heavy atom. The van der Waals surface area contributed by atoms with Gasteiger partial charge in [-0.25, -0.2) is 4.98 Å². The molecule has 6 nitrogen and oxygen atoms in total. The summed E-state index contributed by atoms with van der Waals surface area (Å²) in [6, 6.07) is 7.13. The maximum Gasteiger partial charge on any atom is 0.293 e. The maximum absolute atomic E-state index is 5.80. The number of aromatic nitrogens is 3. The van der Waals surface area contributed by atoms with E-state index in [9.17, 15) is 0 Å². The number of pyridine rings is 1. The highest BCUT2D eigenvalue weighted by atomic mass is 32.2. The Balaban J connectivity index is 1.70. The second kappa shape index (κ2) is 5.15. The van der Waals surface area contributed by atoms with Crippen molar-refractivity contribution in [2.45, 2.75) is 10.8 Å². The summed E-state index contributed by atoms with van der Waals surface area (Å²) >= 11 is 1.46. The summed E-state index contributed by atoms with van der Waals surface area (Å²) in [5, 5.41) is 4.64. The molecule has 2 N–H and O–H groups in total. The molecule has 0 saturated heterocycles. The van der Waals surface area contributed by atoms with Crippen molar-refractivity contribution in [3.8, 4) is 11.7 Å². The molecule has 0 saturated carbocycles. The highest BCUT2D eigenvalue weighted by molar-refractivity contribution is 7.98. The molecule has 0 radical (unpaired) electrons. The standard InChI is InChI=1S/C12H10N4O2S/c13-8-3-1-5-14-12(8)19-7-10-15-11(18-16-10)9-4-2-6-17-9/h1-6H,7,13H2. The van der Waals surface area contributed by atoms with Gasteiger partial charge in [-0.1, -0.05) is 16.9 Å². The number of nitrogens with two attached hydrogens (primary N) is 1. The topological polar surface area (TPSA) is 91.0 Å². The lowest BCUT2D eigenvalue weighted by Gasteiger charge is -2.00. The van der Waals surface area contributed by atoms with E-state index in [-0.39, 0.29) is 0 Å². The summed E-state index contributed by atoms with van der Waals surface area (Å²) < 4.78 is 10.3. The summed E-state index contributed by atoms with van der Waals surface area (Å²) in [7, 11) is 0. The van der Waals surface area contributed by atoms with E-state index in [1.807, 2.05) is 0 Å². The fraction of sp³-hybridized carbons (Fsp3) is 0.0833. The van der Waals surface area contributed by atoms with Gasteiger partial charge in [-0.15, -0.1) is 0 Å². The monoisotopic (exact) mass is 274 g/mol. The zero-order chi connectivity index (χ0) is 13.1. The van der Waals surface area contributed by atoms with Gasteiger partial charge in [-0.3, -0.25) is 0 Å². The van der Waals surface area contributed by atoms with Crippen molar-refractivity contribution in [2.75, 3.05) is 5.73 Å². The molecule has 3 aromatic heterocycles. The predicted octanol–water partition coefficient (Wildman–Crippen LogP) is 2.60. The van der Waals surface area contributed by atoms with Crippen LogP contribution in [-0.2, 0) is 5.75 Å². The molecule has 3 aromatic rings. The van der Waals surface area contributed by atoms with E-state index in [1.165, 1.54) is 11.8 Å². The normalized spacial score (nSPS) is 10.7. The summed E-state index contributed by atoms with van der Waals surface area (Å²) in [5.74, 6) is 2.03. The first-order chi connectivity index (χ1) is 9.33. The van der Waals surface area contributed by atoms with Crippen LogP contribution in [0, 0.1) is 0 Å². The van der Waals surface area contributed by atoms with Crippen LogP contribution in [0.15, 0.2) is 50.7 Å². The molecule has 0 aliphatic carbocycles. The quantitative estimate of drug-likeness (QED) is 0.731. The van der Waals surface area contributed by atoms with Crippen LogP contribution in [0.25, 0.3) is 11.7 Å². The summed E-state index contributed by atoms with van der Waals surface area (Å²) in [6.45, 7) is 0. The summed E-state index contributed by atoms with van der Waals surface area (Å²) in [5.41, 5.74) is 6.45. The summed E-state index contributed by atoms with van der Waals surface area (Å²) in [4.78, 5) is 8.42. The van der Waals surface area contributed by atoms with E-state index in [2.05, 4.69) is 15.1 Å². The fourth-order valence-corrected chi connectivity index (χ4v) is 2.22. The van der Waals surface area contributed by atoms with Crippen molar-refractivity contribution in [2.24, 2.45) is 0 Å². The zero-order valence-corrected chi connectivity index (χ0v) is 10.6. The largest absolute Gasteiger partial charge is 0.459 e. The van der Waals surface area contributed by atoms with E-state index >= 15 is 0 Å². The van der Waals surface area contributed by atoms with Gasteiger partial charge in [0.2, 0.25) is 0 Å².